The lowest BCUT2D eigenvalue weighted by molar-refractivity contribution is -0.120. The van der Waals surface area contributed by atoms with Crippen molar-refractivity contribution in [2.24, 2.45) is 17.8 Å². The number of fused-ring (bicyclic) bond motifs is 1. The van der Waals surface area contributed by atoms with Crippen LogP contribution in [0.5, 0.6) is 0 Å². The van der Waals surface area contributed by atoms with Crippen LogP contribution < -0.4 is 5.32 Å². The second-order valence-electron chi connectivity index (χ2n) is 5.04. The second-order valence-corrected chi connectivity index (χ2v) is 6.64. The zero-order valence-electron chi connectivity index (χ0n) is 9.25. The van der Waals surface area contributed by atoms with Crippen LogP contribution in [0.4, 0.5) is 5.69 Å². The van der Waals surface area contributed by atoms with Gasteiger partial charge in [-0.15, -0.1) is 0 Å². The first-order valence-electron chi connectivity index (χ1n) is 5.89. The average molecular weight is 362 g/mol. The number of amides is 1. The van der Waals surface area contributed by atoms with Gasteiger partial charge in [0.05, 0.1) is 5.69 Å². The Hall–Kier alpha value is -0.290. The molecule has 1 amide bonds. The number of carbonyl (C=O) groups excluding carboxylic acids is 1. The lowest BCUT2D eigenvalue weighted by atomic mass is 10.0. The molecule has 1 aromatic carbocycles. The van der Waals surface area contributed by atoms with Crippen LogP contribution in [-0.4, -0.2) is 5.91 Å². The molecule has 0 bridgehead atoms. The van der Waals surface area contributed by atoms with Crippen molar-refractivity contribution in [3.05, 3.63) is 26.8 Å². The number of anilines is 1. The first-order valence-corrected chi connectivity index (χ1v) is 7.35. The molecule has 2 unspecified atom stereocenters. The smallest absolute Gasteiger partial charge is 0.227 e. The van der Waals surface area contributed by atoms with Crippen LogP contribution in [-0.2, 0) is 4.79 Å². The highest BCUT2D eigenvalue weighted by Gasteiger charge is 2.47. The number of carbonyl (C=O) groups is 1. The number of nitrogens with one attached hydrogen (secondary N) is 1. The summed E-state index contributed by atoms with van der Waals surface area (Å²) in [5.74, 6) is 2.09. The SMILES string of the molecule is O=C(Nc1ccc(Cl)cc1I)C1CC2CC2C1. The fourth-order valence-electron chi connectivity index (χ4n) is 2.75. The normalized spacial score (nSPS) is 29.9. The summed E-state index contributed by atoms with van der Waals surface area (Å²) in [7, 11) is 0. The summed E-state index contributed by atoms with van der Waals surface area (Å²) in [5.41, 5.74) is 0.876. The molecule has 3 rings (SSSR count). The van der Waals surface area contributed by atoms with Gasteiger partial charge in [0.15, 0.2) is 0 Å². The monoisotopic (exact) mass is 361 g/mol. The predicted octanol–water partition coefficient (Wildman–Crippen LogP) is 3.93. The third-order valence-corrected chi connectivity index (χ3v) is 4.93. The van der Waals surface area contributed by atoms with Gasteiger partial charge in [-0.25, -0.2) is 0 Å². The van der Waals surface area contributed by atoms with E-state index in [9.17, 15) is 4.79 Å². The van der Waals surface area contributed by atoms with Gasteiger partial charge in [-0.3, -0.25) is 4.79 Å². The Morgan fingerprint density at radius 2 is 2.00 bits per heavy atom. The highest BCUT2D eigenvalue weighted by molar-refractivity contribution is 14.1. The van der Waals surface area contributed by atoms with Gasteiger partial charge in [-0.05, 0) is 71.9 Å². The van der Waals surface area contributed by atoms with E-state index in [0.717, 1.165) is 33.9 Å². The first-order chi connectivity index (χ1) is 8.13. The third-order valence-electron chi connectivity index (χ3n) is 3.80. The van der Waals surface area contributed by atoms with Crippen molar-refractivity contribution >= 4 is 45.8 Å². The lowest BCUT2D eigenvalue weighted by Gasteiger charge is -2.13. The van der Waals surface area contributed by atoms with Crippen molar-refractivity contribution < 1.29 is 4.79 Å². The van der Waals surface area contributed by atoms with Crippen molar-refractivity contribution in [3.8, 4) is 0 Å². The van der Waals surface area contributed by atoms with Crippen LogP contribution in [0.2, 0.25) is 5.02 Å². The van der Waals surface area contributed by atoms with E-state index in [1.165, 1.54) is 6.42 Å². The number of halogens is 2. The Morgan fingerprint density at radius 3 is 2.65 bits per heavy atom. The van der Waals surface area contributed by atoms with Crippen LogP contribution in [0.3, 0.4) is 0 Å². The third kappa shape index (κ3) is 2.45. The number of hydrogen-bond acceptors (Lipinski definition) is 1. The van der Waals surface area contributed by atoms with E-state index in [4.69, 9.17) is 11.6 Å². The molecule has 4 heteroatoms. The van der Waals surface area contributed by atoms with Crippen molar-refractivity contribution in [3.63, 3.8) is 0 Å². The minimum Gasteiger partial charge on any atom is -0.325 e. The van der Waals surface area contributed by atoms with E-state index < -0.39 is 0 Å². The van der Waals surface area contributed by atoms with Gasteiger partial charge in [-0.2, -0.15) is 0 Å². The molecule has 2 fully saturated rings. The van der Waals surface area contributed by atoms with Crippen molar-refractivity contribution in [2.75, 3.05) is 5.32 Å². The summed E-state index contributed by atoms with van der Waals surface area (Å²) < 4.78 is 0.992. The molecule has 2 aliphatic carbocycles. The minimum absolute atomic E-state index is 0.178. The Bertz CT molecular complexity index is 466. The molecule has 90 valence electrons. The Balaban J connectivity index is 1.67. The summed E-state index contributed by atoms with van der Waals surface area (Å²) >= 11 is 8.08. The van der Waals surface area contributed by atoms with Gasteiger partial charge in [0.25, 0.3) is 0 Å². The average Bonchev–Trinajstić information content (AvgIpc) is 2.89. The van der Waals surface area contributed by atoms with E-state index in [-0.39, 0.29) is 11.8 Å². The Morgan fingerprint density at radius 1 is 1.29 bits per heavy atom. The number of hydrogen-bond donors (Lipinski definition) is 1. The molecule has 1 aromatic rings. The predicted molar refractivity (Wildman–Crippen MR) is 77.1 cm³/mol. The molecule has 0 radical (unpaired) electrons. The molecular formula is C13H13ClINO. The fraction of sp³-hybridized carbons (Fsp3) is 0.462. The van der Waals surface area contributed by atoms with Crippen molar-refractivity contribution in [1.82, 2.24) is 0 Å². The molecule has 2 aliphatic rings. The van der Waals surface area contributed by atoms with Crippen LogP contribution in [0.15, 0.2) is 18.2 Å². The molecular weight excluding hydrogens is 349 g/mol. The summed E-state index contributed by atoms with van der Waals surface area (Å²) in [6.45, 7) is 0. The van der Waals surface area contributed by atoms with Crippen LogP contribution in [0, 0.1) is 21.3 Å². The summed E-state index contributed by atoms with van der Waals surface area (Å²) in [6.07, 6.45) is 3.52. The maximum atomic E-state index is 12.1. The van der Waals surface area contributed by atoms with Gasteiger partial charge < -0.3 is 5.32 Å². The fourth-order valence-corrected chi connectivity index (χ4v) is 3.76. The lowest BCUT2D eigenvalue weighted by Crippen LogP contribution is -2.22. The van der Waals surface area contributed by atoms with Gasteiger partial charge in [0.2, 0.25) is 5.91 Å². The molecule has 2 atom stereocenters. The first kappa shape index (κ1) is 11.8. The highest BCUT2D eigenvalue weighted by atomic mass is 127. The molecule has 0 saturated heterocycles. The highest BCUT2D eigenvalue weighted by Crippen LogP contribution is 2.54. The van der Waals surface area contributed by atoms with Gasteiger partial charge in [0.1, 0.15) is 0 Å². The van der Waals surface area contributed by atoms with E-state index >= 15 is 0 Å². The standard InChI is InChI=1S/C13H13ClINO/c14-10-1-2-12(11(15)6-10)16-13(17)9-4-7-3-8(7)5-9/h1-2,6-9H,3-5H2,(H,16,17). The van der Waals surface area contributed by atoms with Gasteiger partial charge in [0, 0.05) is 14.5 Å². The van der Waals surface area contributed by atoms with Crippen LogP contribution in [0.25, 0.3) is 0 Å². The molecule has 0 aromatic heterocycles. The topological polar surface area (TPSA) is 29.1 Å². The largest absolute Gasteiger partial charge is 0.325 e. The maximum Gasteiger partial charge on any atom is 0.227 e. The zero-order valence-corrected chi connectivity index (χ0v) is 12.2. The Kier molecular flexibility index (Phi) is 3.07. The molecule has 17 heavy (non-hydrogen) atoms. The summed E-state index contributed by atoms with van der Waals surface area (Å²) in [4.78, 5) is 12.1. The zero-order chi connectivity index (χ0) is 12.0. The molecule has 1 N–H and O–H groups in total. The van der Waals surface area contributed by atoms with E-state index in [1.54, 1.807) is 0 Å². The molecule has 2 nitrogen and oxygen atoms in total. The molecule has 0 aliphatic heterocycles. The number of benzene rings is 1. The summed E-state index contributed by atoms with van der Waals surface area (Å²) in [5, 5.41) is 3.72. The molecule has 2 saturated carbocycles. The minimum atomic E-state index is 0.178. The van der Waals surface area contributed by atoms with E-state index in [0.29, 0.717) is 5.02 Å². The van der Waals surface area contributed by atoms with E-state index in [1.807, 2.05) is 18.2 Å². The van der Waals surface area contributed by atoms with Crippen LogP contribution in [0.1, 0.15) is 19.3 Å². The molecule has 0 heterocycles. The van der Waals surface area contributed by atoms with Gasteiger partial charge >= 0.3 is 0 Å². The second kappa shape index (κ2) is 4.43. The van der Waals surface area contributed by atoms with Crippen molar-refractivity contribution in [2.45, 2.75) is 19.3 Å². The molecule has 0 spiro atoms. The maximum absolute atomic E-state index is 12.1. The van der Waals surface area contributed by atoms with Crippen molar-refractivity contribution in [1.29, 1.82) is 0 Å². The summed E-state index contributed by atoms with van der Waals surface area (Å²) in [6, 6.07) is 5.55. The van der Waals surface area contributed by atoms with E-state index in [2.05, 4.69) is 27.9 Å². The quantitative estimate of drug-likeness (QED) is 0.795. The Labute approximate surface area is 119 Å². The van der Waals surface area contributed by atoms with Crippen LogP contribution >= 0.6 is 34.2 Å². The number of rotatable bonds is 2. The van der Waals surface area contributed by atoms with Gasteiger partial charge in [-0.1, -0.05) is 11.6 Å².